The topological polar surface area (TPSA) is 58.2 Å². The first kappa shape index (κ1) is 16.2. The number of hydrogen-bond donors (Lipinski definition) is 2. The second-order valence-electron chi connectivity index (χ2n) is 5.47. The number of nitrogens with one attached hydrogen (secondary N) is 2. The van der Waals surface area contributed by atoms with E-state index in [-0.39, 0.29) is 11.8 Å². The van der Waals surface area contributed by atoms with E-state index in [1.165, 1.54) is 0 Å². The van der Waals surface area contributed by atoms with Crippen molar-refractivity contribution < 1.29 is 9.59 Å². The van der Waals surface area contributed by atoms with Crippen LogP contribution >= 0.6 is 0 Å². The van der Waals surface area contributed by atoms with Crippen LogP contribution in [0.3, 0.4) is 0 Å². The Kier molecular flexibility index (Phi) is 6.22. The Morgan fingerprint density at radius 2 is 1.85 bits per heavy atom. The molecule has 0 saturated carbocycles. The Balaban J connectivity index is 2.66. The van der Waals surface area contributed by atoms with Crippen LogP contribution in [0.2, 0.25) is 0 Å². The molecule has 20 heavy (non-hydrogen) atoms. The molecule has 0 aliphatic heterocycles. The lowest BCUT2D eigenvalue weighted by Gasteiger charge is -2.19. The Morgan fingerprint density at radius 3 is 2.40 bits per heavy atom. The van der Waals surface area contributed by atoms with Crippen LogP contribution in [0.5, 0.6) is 0 Å². The number of amides is 2. The van der Waals surface area contributed by atoms with Gasteiger partial charge in [-0.15, -0.1) is 0 Å². The highest BCUT2D eigenvalue weighted by Gasteiger charge is 2.20. The van der Waals surface area contributed by atoms with Gasteiger partial charge in [-0.05, 0) is 30.4 Å². The largest absolute Gasteiger partial charge is 0.357 e. The van der Waals surface area contributed by atoms with Crippen molar-refractivity contribution in [3.05, 3.63) is 35.4 Å². The third kappa shape index (κ3) is 5.03. The van der Waals surface area contributed by atoms with Crippen molar-refractivity contribution in [1.82, 2.24) is 10.6 Å². The van der Waals surface area contributed by atoms with Crippen molar-refractivity contribution in [3.8, 4) is 0 Å². The van der Waals surface area contributed by atoms with Gasteiger partial charge in [0.1, 0.15) is 6.04 Å². The van der Waals surface area contributed by atoms with E-state index in [1.54, 1.807) is 7.05 Å². The first-order valence-electron chi connectivity index (χ1n) is 6.99. The van der Waals surface area contributed by atoms with Crippen molar-refractivity contribution in [3.63, 3.8) is 0 Å². The van der Waals surface area contributed by atoms with Crippen molar-refractivity contribution in [1.29, 1.82) is 0 Å². The number of hydrogen-bond acceptors (Lipinski definition) is 2. The zero-order valence-electron chi connectivity index (χ0n) is 12.7. The summed E-state index contributed by atoms with van der Waals surface area (Å²) in [6.07, 6.45) is 0.942. The maximum Gasteiger partial charge on any atom is 0.242 e. The van der Waals surface area contributed by atoms with Crippen LogP contribution in [0.1, 0.15) is 31.4 Å². The molecular formula is C16H24N2O2. The van der Waals surface area contributed by atoms with Crippen molar-refractivity contribution in [2.75, 3.05) is 7.05 Å². The molecule has 1 rings (SSSR count). The third-order valence-corrected chi connectivity index (χ3v) is 3.22. The fourth-order valence-corrected chi connectivity index (χ4v) is 2.10. The van der Waals surface area contributed by atoms with Gasteiger partial charge in [0.05, 0.1) is 6.42 Å². The van der Waals surface area contributed by atoms with Gasteiger partial charge in [-0.2, -0.15) is 0 Å². The van der Waals surface area contributed by atoms with Gasteiger partial charge in [-0.25, -0.2) is 0 Å². The molecule has 0 unspecified atom stereocenters. The maximum absolute atomic E-state index is 12.1. The summed E-state index contributed by atoms with van der Waals surface area (Å²) in [4.78, 5) is 23.9. The number of carbonyl (C=O) groups excluding carboxylic acids is 2. The molecular weight excluding hydrogens is 252 g/mol. The summed E-state index contributed by atoms with van der Waals surface area (Å²) in [5.74, 6) is 0.0847. The number of benzene rings is 1. The van der Waals surface area contributed by atoms with Crippen molar-refractivity contribution >= 4 is 11.8 Å². The fourth-order valence-electron chi connectivity index (χ4n) is 2.10. The molecule has 0 spiro atoms. The zero-order chi connectivity index (χ0) is 15.1. The van der Waals surface area contributed by atoms with Gasteiger partial charge in [0, 0.05) is 7.05 Å². The molecule has 0 fully saturated rings. The molecule has 0 heterocycles. The number of rotatable bonds is 6. The lowest BCUT2D eigenvalue weighted by atomic mass is 10.0. The molecule has 110 valence electrons. The standard InChI is InChI=1S/C16H24N2O2/c1-11(2)9-14(16(20)17-4)18-15(19)10-13-8-6-5-7-12(13)3/h5-8,11,14H,9-10H2,1-4H3,(H,17,20)(H,18,19)/t14-/m0/s1. The van der Waals surface area contributed by atoms with Crippen LogP contribution in [0, 0.1) is 12.8 Å². The first-order valence-corrected chi connectivity index (χ1v) is 6.99. The summed E-state index contributed by atoms with van der Waals surface area (Å²) in [6.45, 7) is 6.04. The highest BCUT2D eigenvalue weighted by molar-refractivity contribution is 5.88. The molecule has 0 bridgehead atoms. The lowest BCUT2D eigenvalue weighted by molar-refractivity contribution is -0.128. The van der Waals surface area contributed by atoms with Gasteiger partial charge in [-0.1, -0.05) is 38.1 Å². The molecule has 0 saturated heterocycles. The molecule has 0 aliphatic rings. The molecule has 2 N–H and O–H groups in total. The van der Waals surface area contributed by atoms with Gasteiger partial charge in [-0.3, -0.25) is 9.59 Å². The molecule has 0 radical (unpaired) electrons. The van der Waals surface area contributed by atoms with Crippen LogP contribution in [-0.4, -0.2) is 24.9 Å². The normalized spacial score (nSPS) is 12.1. The van der Waals surface area contributed by atoms with E-state index < -0.39 is 6.04 Å². The Morgan fingerprint density at radius 1 is 1.20 bits per heavy atom. The van der Waals surface area contributed by atoms with Gasteiger partial charge in [0.15, 0.2) is 0 Å². The molecule has 1 aromatic carbocycles. The van der Waals surface area contributed by atoms with E-state index in [0.717, 1.165) is 11.1 Å². The van der Waals surface area contributed by atoms with Crippen molar-refractivity contribution in [2.24, 2.45) is 5.92 Å². The van der Waals surface area contributed by atoms with E-state index in [1.807, 2.05) is 45.0 Å². The zero-order valence-corrected chi connectivity index (χ0v) is 12.7. The third-order valence-electron chi connectivity index (χ3n) is 3.22. The van der Waals surface area contributed by atoms with Crippen LogP contribution in [0.15, 0.2) is 24.3 Å². The summed E-state index contributed by atoms with van der Waals surface area (Å²) >= 11 is 0. The lowest BCUT2D eigenvalue weighted by Crippen LogP contribution is -2.46. The minimum Gasteiger partial charge on any atom is -0.357 e. The monoisotopic (exact) mass is 276 g/mol. The van der Waals surface area contributed by atoms with Crippen LogP contribution in [0.25, 0.3) is 0 Å². The van der Waals surface area contributed by atoms with E-state index in [0.29, 0.717) is 18.8 Å². The molecule has 1 aromatic rings. The minimum absolute atomic E-state index is 0.117. The van der Waals surface area contributed by atoms with Crippen LogP contribution < -0.4 is 10.6 Å². The number of likely N-dealkylation sites (N-methyl/N-ethyl adjacent to an activating group) is 1. The molecule has 0 aromatic heterocycles. The molecule has 2 amide bonds. The van der Waals surface area contributed by atoms with Gasteiger partial charge < -0.3 is 10.6 Å². The molecule has 4 heteroatoms. The summed E-state index contributed by atoms with van der Waals surface area (Å²) < 4.78 is 0. The second kappa shape index (κ2) is 7.68. The van der Waals surface area contributed by atoms with Crippen molar-refractivity contribution in [2.45, 2.75) is 39.7 Å². The van der Waals surface area contributed by atoms with E-state index in [2.05, 4.69) is 10.6 Å². The minimum atomic E-state index is -0.462. The average molecular weight is 276 g/mol. The SMILES string of the molecule is CNC(=O)[C@H](CC(C)C)NC(=O)Cc1ccccc1C. The Bertz CT molecular complexity index is 469. The highest BCUT2D eigenvalue weighted by atomic mass is 16.2. The number of aryl methyl sites for hydroxylation is 1. The Labute approximate surface area is 121 Å². The van der Waals surface area contributed by atoms with Crippen LogP contribution in [0.4, 0.5) is 0 Å². The summed E-state index contributed by atoms with van der Waals surface area (Å²) in [6, 6.07) is 7.32. The van der Waals surface area contributed by atoms with E-state index in [9.17, 15) is 9.59 Å². The van der Waals surface area contributed by atoms with Gasteiger partial charge in [0.25, 0.3) is 0 Å². The average Bonchev–Trinajstić information content (AvgIpc) is 2.39. The summed E-state index contributed by atoms with van der Waals surface area (Å²) in [7, 11) is 1.59. The van der Waals surface area contributed by atoms with Gasteiger partial charge >= 0.3 is 0 Å². The van der Waals surface area contributed by atoms with Gasteiger partial charge in [0.2, 0.25) is 11.8 Å². The predicted octanol–water partition coefficient (Wildman–Crippen LogP) is 1.81. The summed E-state index contributed by atoms with van der Waals surface area (Å²) in [5.41, 5.74) is 2.08. The van der Waals surface area contributed by atoms with E-state index >= 15 is 0 Å². The smallest absolute Gasteiger partial charge is 0.242 e. The molecule has 0 aliphatic carbocycles. The fraction of sp³-hybridized carbons (Fsp3) is 0.500. The predicted molar refractivity (Wildman–Crippen MR) is 80.3 cm³/mol. The second-order valence-corrected chi connectivity index (χ2v) is 5.47. The molecule has 1 atom stereocenters. The maximum atomic E-state index is 12.1. The Hall–Kier alpha value is -1.84. The highest BCUT2D eigenvalue weighted by Crippen LogP contribution is 2.09. The summed E-state index contributed by atoms with van der Waals surface area (Å²) in [5, 5.41) is 5.42. The van der Waals surface area contributed by atoms with Crippen LogP contribution in [-0.2, 0) is 16.0 Å². The first-order chi connectivity index (χ1) is 9.43. The molecule has 4 nitrogen and oxygen atoms in total. The van der Waals surface area contributed by atoms with E-state index in [4.69, 9.17) is 0 Å². The quantitative estimate of drug-likeness (QED) is 0.832. The number of carbonyl (C=O) groups is 2.